The zero-order valence-electron chi connectivity index (χ0n) is 21.0. The van der Waals surface area contributed by atoms with Crippen LogP contribution in [-0.4, -0.2) is 65.3 Å². The summed E-state index contributed by atoms with van der Waals surface area (Å²) in [4.78, 5) is 40.7. The number of aryl methyl sites for hydroxylation is 1. The van der Waals surface area contributed by atoms with Gasteiger partial charge in [0.1, 0.15) is 5.65 Å². The molecule has 0 spiro atoms. The highest BCUT2D eigenvalue weighted by Gasteiger charge is 2.37. The fourth-order valence-electron chi connectivity index (χ4n) is 4.80. The first-order chi connectivity index (χ1) is 16.4. The lowest BCUT2D eigenvalue weighted by Gasteiger charge is -2.33. The molecule has 2 fully saturated rings. The molecule has 0 radical (unpaired) electrons. The van der Waals surface area contributed by atoms with Gasteiger partial charge in [0, 0.05) is 30.8 Å². The van der Waals surface area contributed by atoms with E-state index in [1.807, 2.05) is 13.8 Å². The third kappa shape index (κ3) is 4.84. The van der Waals surface area contributed by atoms with Gasteiger partial charge in [0.05, 0.1) is 17.3 Å². The van der Waals surface area contributed by atoms with Crippen molar-refractivity contribution >= 4 is 23.5 Å². The number of aliphatic hydroxyl groups is 1. The average Bonchev–Trinajstić information content (AvgIpc) is 3.29. The standard InChI is InChI=1S/C25H35N5O5/c1-14(2)13-29-22-17(10-11-19(31)28-12-6-7-18(28)25(4,5)35)15(3)27-30(22)24(34)20(23(29)33)21(32)26-16-8-9-16/h10-11,14,16,18,33,35H,6-9,12-13H2,1-5H3,(H,26,32)/b11-10+/t18-/m0/s1. The molecule has 2 aliphatic rings. The predicted molar refractivity (Wildman–Crippen MR) is 131 cm³/mol. The number of aromatic hydroxyl groups is 1. The maximum atomic E-state index is 13.2. The lowest BCUT2D eigenvalue weighted by atomic mass is 9.96. The van der Waals surface area contributed by atoms with E-state index in [0.717, 1.165) is 30.2 Å². The Balaban J connectivity index is 1.79. The van der Waals surface area contributed by atoms with Gasteiger partial charge < -0.3 is 20.4 Å². The summed E-state index contributed by atoms with van der Waals surface area (Å²) in [5, 5.41) is 28.7. The zero-order chi connectivity index (χ0) is 25.7. The summed E-state index contributed by atoms with van der Waals surface area (Å²) in [6.45, 7) is 9.94. The van der Waals surface area contributed by atoms with Crippen LogP contribution in [0.5, 0.6) is 5.88 Å². The first-order valence-electron chi connectivity index (χ1n) is 12.3. The van der Waals surface area contributed by atoms with E-state index in [0.29, 0.717) is 30.0 Å². The summed E-state index contributed by atoms with van der Waals surface area (Å²) in [6, 6.07) is -0.252. The number of nitrogens with zero attached hydrogens (tertiary/aromatic N) is 4. The normalized spacial score (nSPS) is 18.8. The molecule has 0 aromatic carbocycles. The number of carbonyl (C=O) groups excluding carboxylic acids is 2. The first-order valence-corrected chi connectivity index (χ1v) is 12.3. The van der Waals surface area contributed by atoms with Crippen molar-refractivity contribution in [2.45, 2.75) is 84.5 Å². The number of amides is 2. The smallest absolute Gasteiger partial charge is 0.291 e. The Hall–Kier alpha value is -3.14. The van der Waals surface area contributed by atoms with Crippen molar-refractivity contribution in [3.05, 3.63) is 33.3 Å². The van der Waals surface area contributed by atoms with Gasteiger partial charge in [0.15, 0.2) is 5.56 Å². The third-order valence-corrected chi connectivity index (χ3v) is 6.65. The Labute approximate surface area is 204 Å². The SMILES string of the molecule is Cc1nn2c(=O)c(C(=O)NC3CC3)c(O)n(CC(C)C)c2c1/C=C/C(=O)N1CCC[C@H]1C(C)(C)O. The number of hydrogen-bond acceptors (Lipinski definition) is 6. The van der Waals surface area contributed by atoms with Crippen LogP contribution in [0.1, 0.15) is 75.0 Å². The van der Waals surface area contributed by atoms with Gasteiger partial charge in [0.2, 0.25) is 11.8 Å². The molecule has 10 nitrogen and oxygen atoms in total. The Bertz CT molecular complexity index is 1250. The van der Waals surface area contributed by atoms with Crippen LogP contribution in [0, 0.1) is 12.8 Å². The van der Waals surface area contributed by atoms with E-state index < -0.39 is 22.9 Å². The van der Waals surface area contributed by atoms with Gasteiger partial charge in [-0.2, -0.15) is 9.61 Å². The van der Waals surface area contributed by atoms with Crippen LogP contribution < -0.4 is 10.9 Å². The minimum Gasteiger partial charge on any atom is -0.494 e. The maximum absolute atomic E-state index is 13.2. The molecule has 3 heterocycles. The largest absolute Gasteiger partial charge is 0.494 e. The fourth-order valence-corrected chi connectivity index (χ4v) is 4.80. The van der Waals surface area contributed by atoms with E-state index >= 15 is 0 Å². The second kappa shape index (κ2) is 9.14. The summed E-state index contributed by atoms with van der Waals surface area (Å²) in [5.74, 6) is -1.16. The van der Waals surface area contributed by atoms with Crippen LogP contribution in [0.25, 0.3) is 11.7 Å². The molecular formula is C25H35N5O5. The average molecular weight is 486 g/mol. The summed E-state index contributed by atoms with van der Waals surface area (Å²) in [7, 11) is 0. The highest BCUT2D eigenvalue weighted by atomic mass is 16.3. The number of rotatable bonds is 7. The van der Waals surface area contributed by atoms with E-state index in [4.69, 9.17) is 0 Å². The van der Waals surface area contributed by atoms with Crippen LogP contribution in [-0.2, 0) is 11.3 Å². The molecule has 1 atom stereocenters. The Morgan fingerprint density at radius 2 is 1.94 bits per heavy atom. The zero-order valence-corrected chi connectivity index (χ0v) is 21.0. The number of fused-ring (bicyclic) bond motifs is 1. The Morgan fingerprint density at radius 3 is 2.54 bits per heavy atom. The molecular weight excluding hydrogens is 450 g/mol. The highest BCUT2D eigenvalue weighted by molar-refractivity contribution is 5.97. The van der Waals surface area contributed by atoms with Crippen LogP contribution >= 0.6 is 0 Å². The van der Waals surface area contributed by atoms with Gasteiger partial charge in [0.25, 0.3) is 11.5 Å². The molecule has 2 aromatic rings. The first kappa shape index (κ1) is 25.0. The molecule has 0 bridgehead atoms. The van der Waals surface area contributed by atoms with Crippen molar-refractivity contribution < 1.29 is 19.8 Å². The number of carbonyl (C=O) groups is 2. The molecule has 1 saturated heterocycles. The van der Waals surface area contributed by atoms with Crippen molar-refractivity contribution in [1.82, 2.24) is 24.4 Å². The number of hydrogen-bond donors (Lipinski definition) is 3. The molecule has 1 saturated carbocycles. The van der Waals surface area contributed by atoms with Crippen molar-refractivity contribution in [1.29, 1.82) is 0 Å². The summed E-state index contributed by atoms with van der Waals surface area (Å²) in [6.07, 6.45) is 6.26. The molecule has 1 aliphatic carbocycles. The molecule has 10 heteroatoms. The fraction of sp³-hybridized carbons (Fsp3) is 0.600. The molecule has 35 heavy (non-hydrogen) atoms. The minimum absolute atomic E-state index is 0.0257. The third-order valence-electron chi connectivity index (χ3n) is 6.65. The number of aromatic nitrogens is 3. The Kier molecular flexibility index (Phi) is 6.52. The van der Waals surface area contributed by atoms with E-state index in [2.05, 4.69) is 10.4 Å². The van der Waals surface area contributed by atoms with Crippen LogP contribution in [0.2, 0.25) is 0 Å². The monoisotopic (exact) mass is 485 g/mol. The van der Waals surface area contributed by atoms with Crippen LogP contribution in [0.15, 0.2) is 10.9 Å². The van der Waals surface area contributed by atoms with Gasteiger partial charge in [-0.25, -0.2) is 0 Å². The lowest BCUT2D eigenvalue weighted by Crippen LogP contribution is -2.47. The molecule has 2 aromatic heterocycles. The van der Waals surface area contributed by atoms with Crippen molar-refractivity contribution in [2.24, 2.45) is 5.92 Å². The molecule has 190 valence electrons. The number of nitrogens with one attached hydrogen (secondary N) is 1. The van der Waals surface area contributed by atoms with E-state index in [1.54, 1.807) is 31.7 Å². The second-order valence-corrected chi connectivity index (χ2v) is 10.7. The Morgan fingerprint density at radius 1 is 1.26 bits per heavy atom. The van der Waals surface area contributed by atoms with E-state index in [1.165, 1.54) is 10.6 Å². The predicted octanol–water partition coefficient (Wildman–Crippen LogP) is 1.83. The molecule has 4 rings (SSSR count). The number of likely N-dealkylation sites (tertiary alicyclic amines) is 1. The lowest BCUT2D eigenvalue weighted by molar-refractivity contribution is -0.131. The van der Waals surface area contributed by atoms with Gasteiger partial charge in [-0.1, -0.05) is 13.8 Å². The van der Waals surface area contributed by atoms with Crippen LogP contribution in [0.3, 0.4) is 0 Å². The summed E-state index contributed by atoms with van der Waals surface area (Å²) >= 11 is 0. The van der Waals surface area contributed by atoms with Crippen LogP contribution in [0.4, 0.5) is 0 Å². The molecule has 0 unspecified atom stereocenters. The van der Waals surface area contributed by atoms with Crippen molar-refractivity contribution in [3.8, 4) is 5.88 Å². The van der Waals surface area contributed by atoms with Gasteiger partial charge in [-0.15, -0.1) is 0 Å². The highest BCUT2D eigenvalue weighted by Crippen LogP contribution is 2.28. The molecule has 2 amide bonds. The molecule has 1 aliphatic heterocycles. The second-order valence-electron chi connectivity index (χ2n) is 10.7. The quantitative estimate of drug-likeness (QED) is 0.513. The van der Waals surface area contributed by atoms with Crippen molar-refractivity contribution in [3.63, 3.8) is 0 Å². The maximum Gasteiger partial charge on any atom is 0.291 e. The van der Waals surface area contributed by atoms with Gasteiger partial charge in [-0.05, 0) is 58.4 Å². The molecule has 3 N–H and O–H groups in total. The summed E-state index contributed by atoms with van der Waals surface area (Å²) < 4.78 is 2.66. The topological polar surface area (TPSA) is 129 Å². The van der Waals surface area contributed by atoms with E-state index in [9.17, 15) is 24.6 Å². The minimum atomic E-state index is -1.01. The van der Waals surface area contributed by atoms with Crippen molar-refractivity contribution in [2.75, 3.05) is 6.54 Å². The summed E-state index contributed by atoms with van der Waals surface area (Å²) in [5.41, 5.74) is -0.717. The van der Waals surface area contributed by atoms with Gasteiger partial charge >= 0.3 is 0 Å². The van der Waals surface area contributed by atoms with E-state index in [-0.39, 0.29) is 29.5 Å². The van der Waals surface area contributed by atoms with Gasteiger partial charge in [-0.3, -0.25) is 19.0 Å².